The lowest BCUT2D eigenvalue weighted by Gasteiger charge is -2.20. The molecule has 0 bridgehead atoms. The van der Waals surface area contributed by atoms with Crippen LogP contribution < -0.4 is 15.8 Å². The maximum absolute atomic E-state index is 11.5. The lowest BCUT2D eigenvalue weighted by atomic mass is 10.0. The van der Waals surface area contributed by atoms with Gasteiger partial charge < -0.3 is 11.1 Å². The Balaban J connectivity index is 2.39. The van der Waals surface area contributed by atoms with E-state index >= 15 is 0 Å². The van der Waals surface area contributed by atoms with Crippen LogP contribution in [0.3, 0.4) is 0 Å². The van der Waals surface area contributed by atoms with Crippen molar-refractivity contribution < 1.29 is 13.2 Å². The molecule has 3 atom stereocenters. The average Bonchev–Trinajstić information content (AvgIpc) is 2.58. The zero-order valence-corrected chi connectivity index (χ0v) is 11.8. The van der Waals surface area contributed by atoms with Crippen LogP contribution in [0.25, 0.3) is 0 Å². The van der Waals surface area contributed by atoms with Crippen molar-refractivity contribution in [3.63, 3.8) is 0 Å². The van der Waals surface area contributed by atoms with E-state index in [4.69, 9.17) is 5.73 Å². The van der Waals surface area contributed by atoms with Crippen LogP contribution in [0.4, 0.5) is 0 Å². The van der Waals surface area contributed by atoms with Crippen molar-refractivity contribution >= 4 is 15.9 Å². The van der Waals surface area contributed by atoms with E-state index in [1.54, 1.807) is 6.92 Å². The van der Waals surface area contributed by atoms with Gasteiger partial charge in [0.2, 0.25) is 15.9 Å². The zero-order chi connectivity index (χ0) is 13.8. The molecule has 0 aromatic carbocycles. The summed E-state index contributed by atoms with van der Waals surface area (Å²) in [5.41, 5.74) is 5.54. The molecule has 0 heterocycles. The van der Waals surface area contributed by atoms with Crippen molar-refractivity contribution in [3.8, 4) is 0 Å². The molecular formula is C11H23N3O3S. The first kappa shape index (κ1) is 15.4. The van der Waals surface area contributed by atoms with Gasteiger partial charge in [-0.25, -0.2) is 13.1 Å². The average molecular weight is 277 g/mol. The highest BCUT2D eigenvalue weighted by Crippen LogP contribution is 2.25. The Kier molecular flexibility index (Phi) is 5.55. The van der Waals surface area contributed by atoms with Gasteiger partial charge in [-0.15, -0.1) is 0 Å². The molecule has 0 radical (unpaired) electrons. The molecular weight excluding hydrogens is 254 g/mol. The van der Waals surface area contributed by atoms with E-state index < -0.39 is 10.0 Å². The highest BCUT2D eigenvalue weighted by atomic mass is 32.2. The summed E-state index contributed by atoms with van der Waals surface area (Å²) in [5, 5.41) is 2.82. The van der Waals surface area contributed by atoms with Gasteiger partial charge >= 0.3 is 0 Å². The van der Waals surface area contributed by atoms with E-state index in [9.17, 15) is 13.2 Å². The maximum atomic E-state index is 11.5. The van der Waals surface area contributed by atoms with Crippen molar-refractivity contribution in [2.24, 2.45) is 11.7 Å². The molecule has 7 heteroatoms. The lowest BCUT2D eigenvalue weighted by molar-refractivity contribution is -0.121. The molecule has 1 amide bonds. The molecule has 1 fully saturated rings. The van der Waals surface area contributed by atoms with Gasteiger partial charge in [-0.1, -0.05) is 6.42 Å². The van der Waals surface area contributed by atoms with Crippen molar-refractivity contribution in [1.29, 1.82) is 0 Å². The highest BCUT2D eigenvalue weighted by Gasteiger charge is 2.29. The molecule has 4 N–H and O–H groups in total. The van der Waals surface area contributed by atoms with Gasteiger partial charge in [0.1, 0.15) is 0 Å². The molecule has 0 spiro atoms. The first-order valence-electron chi connectivity index (χ1n) is 6.27. The van der Waals surface area contributed by atoms with Crippen LogP contribution >= 0.6 is 0 Å². The molecule has 1 aliphatic rings. The van der Waals surface area contributed by atoms with E-state index in [0.717, 1.165) is 25.5 Å². The number of rotatable bonds is 6. The second-order valence-electron chi connectivity index (χ2n) is 5.17. The summed E-state index contributed by atoms with van der Waals surface area (Å²) in [5.74, 6) is 0.103. The smallest absolute Gasteiger partial charge is 0.221 e. The first-order chi connectivity index (χ1) is 8.28. The summed E-state index contributed by atoms with van der Waals surface area (Å²) in [6, 6.07) is -0.214. The van der Waals surface area contributed by atoms with Gasteiger partial charge in [-0.2, -0.15) is 0 Å². The van der Waals surface area contributed by atoms with Crippen LogP contribution in [0, 0.1) is 5.92 Å². The number of hydrogen-bond donors (Lipinski definition) is 3. The van der Waals surface area contributed by atoms with Crippen molar-refractivity contribution in [2.45, 2.75) is 44.7 Å². The lowest BCUT2D eigenvalue weighted by Crippen LogP contribution is -2.42. The second kappa shape index (κ2) is 6.49. The Morgan fingerprint density at radius 3 is 2.67 bits per heavy atom. The van der Waals surface area contributed by atoms with Gasteiger partial charge in [0.15, 0.2) is 0 Å². The van der Waals surface area contributed by atoms with Gasteiger partial charge in [-0.05, 0) is 25.7 Å². The predicted octanol–water partition coefficient (Wildman–Crippen LogP) is -0.442. The fourth-order valence-corrected chi connectivity index (χ4v) is 3.18. The summed E-state index contributed by atoms with van der Waals surface area (Å²) in [4.78, 5) is 11.5. The maximum Gasteiger partial charge on any atom is 0.221 e. The number of nitrogens with two attached hydrogens (primary N) is 1. The largest absolute Gasteiger partial charge is 0.356 e. The Morgan fingerprint density at radius 1 is 1.44 bits per heavy atom. The monoisotopic (exact) mass is 277 g/mol. The SMILES string of the molecule is CC(N)CC(=O)NCC1CCCC1NS(C)(=O)=O. The Hall–Kier alpha value is -0.660. The number of nitrogens with one attached hydrogen (secondary N) is 2. The third-order valence-electron chi connectivity index (χ3n) is 3.09. The topological polar surface area (TPSA) is 101 Å². The summed E-state index contributed by atoms with van der Waals surface area (Å²) < 4.78 is 25.0. The van der Waals surface area contributed by atoms with Crippen LogP contribution in [-0.4, -0.2) is 39.2 Å². The minimum Gasteiger partial charge on any atom is -0.356 e. The van der Waals surface area contributed by atoms with Gasteiger partial charge in [0.05, 0.1) is 6.26 Å². The molecule has 0 aliphatic heterocycles. The normalized spacial score (nSPS) is 25.9. The number of carbonyl (C=O) groups is 1. The van der Waals surface area contributed by atoms with E-state index in [-0.39, 0.29) is 23.9 Å². The third-order valence-corrected chi connectivity index (χ3v) is 3.82. The van der Waals surface area contributed by atoms with Crippen LogP contribution in [0.15, 0.2) is 0 Å². The summed E-state index contributed by atoms with van der Waals surface area (Å²) in [6.45, 7) is 2.29. The summed E-state index contributed by atoms with van der Waals surface area (Å²) in [6.07, 6.45) is 4.22. The minimum atomic E-state index is -3.18. The van der Waals surface area contributed by atoms with E-state index in [1.165, 1.54) is 0 Å². The number of carbonyl (C=O) groups excluding carboxylic acids is 1. The van der Waals surface area contributed by atoms with Crippen LogP contribution in [0.5, 0.6) is 0 Å². The fourth-order valence-electron chi connectivity index (χ4n) is 2.32. The quantitative estimate of drug-likeness (QED) is 0.612. The Morgan fingerprint density at radius 2 is 2.11 bits per heavy atom. The Labute approximate surface area is 109 Å². The number of hydrogen-bond acceptors (Lipinski definition) is 4. The molecule has 0 saturated heterocycles. The van der Waals surface area contributed by atoms with Crippen molar-refractivity contribution in [2.75, 3.05) is 12.8 Å². The number of sulfonamides is 1. The van der Waals surface area contributed by atoms with Crippen LogP contribution in [0.1, 0.15) is 32.6 Å². The molecule has 1 saturated carbocycles. The second-order valence-corrected chi connectivity index (χ2v) is 6.95. The molecule has 106 valence electrons. The standard InChI is InChI=1S/C11H23N3O3S/c1-8(12)6-11(15)13-7-9-4-3-5-10(9)14-18(2,16)17/h8-10,14H,3-7,12H2,1-2H3,(H,13,15). The number of amides is 1. The molecule has 3 unspecified atom stereocenters. The molecule has 0 aromatic rings. The summed E-state index contributed by atoms with van der Waals surface area (Å²) >= 11 is 0. The van der Waals surface area contributed by atoms with E-state index in [0.29, 0.717) is 13.0 Å². The zero-order valence-electron chi connectivity index (χ0n) is 11.0. The fraction of sp³-hybridized carbons (Fsp3) is 0.909. The molecule has 1 aliphatic carbocycles. The first-order valence-corrected chi connectivity index (χ1v) is 8.16. The Bertz CT molecular complexity index is 381. The van der Waals surface area contributed by atoms with Crippen LogP contribution in [0.2, 0.25) is 0 Å². The molecule has 18 heavy (non-hydrogen) atoms. The molecule has 6 nitrogen and oxygen atoms in total. The molecule has 1 rings (SSSR count). The summed E-state index contributed by atoms with van der Waals surface area (Å²) in [7, 11) is -3.18. The van der Waals surface area contributed by atoms with E-state index in [2.05, 4.69) is 10.0 Å². The van der Waals surface area contributed by atoms with Gasteiger partial charge in [0.25, 0.3) is 0 Å². The van der Waals surface area contributed by atoms with Gasteiger partial charge in [0, 0.05) is 25.0 Å². The van der Waals surface area contributed by atoms with Crippen molar-refractivity contribution in [1.82, 2.24) is 10.0 Å². The van der Waals surface area contributed by atoms with Gasteiger partial charge in [-0.3, -0.25) is 4.79 Å². The minimum absolute atomic E-state index is 0.0596. The highest BCUT2D eigenvalue weighted by molar-refractivity contribution is 7.88. The third kappa shape index (κ3) is 5.79. The van der Waals surface area contributed by atoms with E-state index in [1.807, 2.05) is 0 Å². The van der Waals surface area contributed by atoms with Crippen LogP contribution in [-0.2, 0) is 14.8 Å². The molecule has 0 aromatic heterocycles. The predicted molar refractivity (Wildman–Crippen MR) is 70.4 cm³/mol. The van der Waals surface area contributed by atoms with Crippen molar-refractivity contribution in [3.05, 3.63) is 0 Å².